The summed E-state index contributed by atoms with van der Waals surface area (Å²) in [7, 11) is 3.07. The van der Waals surface area contributed by atoms with Crippen LogP contribution in [0.25, 0.3) is 0 Å². The van der Waals surface area contributed by atoms with Gasteiger partial charge in [0.2, 0.25) is 0 Å². The Morgan fingerprint density at radius 2 is 1.68 bits per heavy atom. The van der Waals surface area contributed by atoms with Crippen molar-refractivity contribution in [3.63, 3.8) is 0 Å². The summed E-state index contributed by atoms with van der Waals surface area (Å²) in [5, 5.41) is 13.7. The maximum absolute atomic E-state index is 13.0. The van der Waals surface area contributed by atoms with E-state index in [9.17, 15) is 18.3 Å². The normalized spacial score (nSPS) is 17.5. The van der Waals surface area contributed by atoms with Crippen LogP contribution >= 0.6 is 24.0 Å². The summed E-state index contributed by atoms with van der Waals surface area (Å²) in [5.41, 5.74) is 0.606. The van der Waals surface area contributed by atoms with Gasteiger partial charge in [0.1, 0.15) is 17.5 Å². The molecule has 7 nitrogen and oxygen atoms in total. The molecule has 0 spiro atoms. The minimum atomic E-state index is -4.23. The number of nitrogens with zero attached hydrogens (tertiary/aromatic N) is 3. The zero-order valence-corrected chi connectivity index (χ0v) is 20.6. The van der Waals surface area contributed by atoms with Crippen molar-refractivity contribution >= 4 is 29.9 Å². The number of benzene rings is 1. The average Bonchev–Trinajstić information content (AvgIpc) is 2.74. The molecule has 0 amide bonds. The van der Waals surface area contributed by atoms with Crippen molar-refractivity contribution in [1.82, 2.24) is 15.1 Å². The van der Waals surface area contributed by atoms with Gasteiger partial charge in [-0.2, -0.15) is 13.2 Å². The van der Waals surface area contributed by atoms with E-state index in [1.54, 1.807) is 18.2 Å². The van der Waals surface area contributed by atoms with Crippen LogP contribution in [0.4, 0.5) is 13.2 Å². The first-order chi connectivity index (χ1) is 14.2. The first kappa shape index (κ1) is 27.6. The summed E-state index contributed by atoms with van der Waals surface area (Å²) in [4.78, 5) is 7.85. The second-order valence-electron chi connectivity index (χ2n) is 7.10. The van der Waals surface area contributed by atoms with Gasteiger partial charge < -0.3 is 24.8 Å². The highest BCUT2D eigenvalue weighted by atomic mass is 127. The van der Waals surface area contributed by atoms with Gasteiger partial charge >= 0.3 is 6.18 Å². The van der Waals surface area contributed by atoms with Gasteiger partial charge in [0.05, 0.1) is 26.9 Å². The Balaban J connectivity index is 0.00000480. The topological polar surface area (TPSA) is 69.6 Å². The Morgan fingerprint density at radius 3 is 2.13 bits per heavy atom. The van der Waals surface area contributed by atoms with Gasteiger partial charge in [-0.15, -0.1) is 24.0 Å². The molecule has 31 heavy (non-hydrogen) atoms. The summed E-state index contributed by atoms with van der Waals surface area (Å²) in [6.07, 6.45) is -5.11. The lowest BCUT2D eigenvalue weighted by Gasteiger charge is -2.39. The molecule has 11 heteroatoms. The Bertz CT molecular complexity index is 691. The van der Waals surface area contributed by atoms with Crippen LogP contribution in [0.5, 0.6) is 11.5 Å². The van der Waals surface area contributed by atoms with E-state index in [1.807, 2.05) is 11.8 Å². The van der Waals surface area contributed by atoms with E-state index in [2.05, 4.69) is 10.3 Å². The third-order valence-corrected chi connectivity index (χ3v) is 5.14. The van der Waals surface area contributed by atoms with Crippen molar-refractivity contribution in [3.05, 3.63) is 23.8 Å². The van der Waals surface area contributed by atoms with Crippen LogP contribution in [0.3, 0.4) is 0 Å². The third-order valence-electron chi connectivity index (χ3n) is 5.14. The van der Waals surface area contributed by atoms with E-state index in [4.69, 9.17) is 9.47 Å². The maximum Gasteiger partial charge on any atom is 0.403 e. The lowest BCUT2D eigenvalue weighted by atomic mass is 10.1. The first-order valence-corrected chi connectivity index (χ1v) is 9.94. The van der Waals surface area contributed by atoms with Gasteiger partial charge in [-0.1, -0.05) is 0 Å². The van der Waals surface area contributed by atoms with Gasteiger partial charge in [0.15, 0.2) is 5.96 Å². The summed E-state index contributed by atoms with van der Waals surface area (Å²) < 4.78 is 49.3. The highest BCUT2D eigenvalue weighted by Gasteiger charge is 2.41. The van der Waals surface area contributed by atoms with Crippen LogP contribution in [0, 0.1) is 0 Å². The molecule has 0 aliphatic carbocycles. The van der Waals surface area contributed by atoms with Gasteiger partial charge in [-0.25, -0.2) is 0 Å². The van der Waals surface area contributed by atoms with Crippen LogP contribution in [-0.2, 0) is 0 Å². The number of alkyl halides is 3. The van der Waals surface area contributed by atoms with E-state index in [0.717, 1.165) is 0 Å². The van der Waals surface area contributed by atoms with E-state index >= 15 is 0 Å². The highest BCUT2D eigenvalue weighted by Crippen LogP contribution is 2.27. The molecule has 1 fully saturated rings. The lowest BCUT2D eigenvalue weighted by Crippen LogP contribution is -2.56. The molecule has 0 saturated carbocycles. The number of halogens is 4. The molecule has 2 rings (SSSR count). The third kappa shape index (κ3) is 7.86. The summed E-state index contributed by atoms with van der Waals surface area (Å²) in [6, 6.07) is 3.68. The predicted molar refractivity (Wildman–Crippen MR) is 125 cm³/mol. The number of aliphatic hydroxyl groups is 1. The zero-order valence-electron chi connectivity index (χ0n) is 18.3. The number of ether oxygens (including phenoxy) is 2. The smallest absolute Gasteiger partial charge is 0.403 e. The number of aliphatic imine (C=N–C) groups is 1. The molecule has 2 N–H and O–H groups in total. The molecular weight excluding hydrogens is 528 g/mol. The van der Waals surface area contributed by atoms with Crippen molar-refractivity contribution in [2.45, 2.75) is 32.2 Å². The molecule has 1 aromatic rings. The van der Waals surface area contributed by atoms with Gasteiger partial charge in [0, 0.05) is 38.8 Å². The molecule has 1 aliphatic heterocycles. The van der Waals surface area contributed by atoms with Crippen LogP contribution in [-0.4, -0.2) is 86.6 Å². The van der Waals surface area contributed by atoms with Crippen molar-refractivity contribution in [2.24, 2.45) is 4.99 Å². The van der Waals surface area contributed by atoms with E-state index in [0.29, 0.717) is 55.7 Å². The number of methoxy groups -OCH3 is 2. The van der Waals surface area contributed by atoms with Gasteiger partial charge in [0.25, 0.3) is 0 Å². The van der Waals surface area contributed by atoms with Crippen molar-refractivity contribution < 1.29 is 27.8 Å². The monoisotopic (exact) mass is 560 g/mol. The standard InChI is InChI=1S/C20H31F3N4O3.HI/c1-5-24-19(27-8-6-26(7-9-27)14(2)20(21,22)23)25-13-18(28)15-10-16(29-3)12-17(11-15)30-4;/h10-12,14,18,28H,5-9,13H2,1-4H3,(H,24,25);1H. The van der Waals surface area contributed by atoms with Crippen molar-refractivity contribution in [1.29, 1.82) is 0 Å². The number of rotatable bonds is 7. The van der Waals surface area contributed by atoms with Crippen LogP contribution in [0.2, 0.25) is 0 Å². The average molecular weight is 560 g/mol. The molecule has 2 atom stereocenters. The molecule has 1 heterocycles. The summed E-state index contributed by atoms with van der Waals surface area (Å²) in [6.45, 7) is 5.25. The number of hydrogen-bond acceptors (Lipinski definition) is 5. The Kier molecular flexibility index (Phi) is 11.1. The fourth-order valence-electron chi connectivity index (χ4n) is 3.25. The lowest BCUT2D eigenvalue weighted by molar-refractivity contribution is -0.181. The molecule has 1 saturated heterocycles. The van der Waals surface area contributed by atoms with E-state index < -0.39 is 18.3 Å². The number of aliphatic hydroxyl groups excluding tert-OH is 1. The van der Waals surface area contributed by atoms with E-state index in [1.165, 1.54) is 26.0 Å². The van der Waals surface area contributed by atoms with Gasteiger partial charge in [-0.3, -0.25) is 9.89 Å². The SMILES string of the molecule is CCNC(=NCC(O)c1cc(OC)cc(OC)c1)N1CCN(C(C)C(F)(F)F)CC1.I. The maximum atomic E-state index is 13.0. The largest absolute Gasteiger partial charge is 0.497 e. The fraction of sp³-hybridized carbons (Fsp3) is 0.650. The second kappa shape index (κ2) is 12.5. The Morgan fingerprint density at radius 1 is 1.13 bits per heavy atom. The van der Waals surface area contributed by atoms with Crippen LogP contribution in [0.15, 0.2) is 23.2 Å². The molecule has 0 radical (unpaired) electrons. The summed E-state index contributed by atoms with van der Waals surface area (Å²) in [5.74, 6) is 1.70. The molecule has 0 bridgehead atoms. The number of hydrogen-bond donors (Lipinski definition) is 2. The molecule has 178 valence electrons. The highest BCUT2D eigenvalue weighted by molar-refractivity contribution is 14.0. The fourth-order valence-corrected chi connectivity index (χ4v) is 3.25. The summed E-state index contributed by atoms with van der Waals surface area (Å²) >= 11 is 0. The molecule has 2 unspecified atom stereocenters. The van der Waals surface area contributed by atoms with Crippen LogP contribution < -0.4 is 14.8 Å². The minimum absolute atomic E-state index is 0. The Hall–Kier alpha value is -1.47. The van der Waals surface area contributed by atoms with E-state index in [-0.39, 0.29) is 30.5 Å². The number of piperazine rings is 1. The molecule has 0 aromatic heterocycles. The Labute approximate surface area is 198 Å². The number of guanidine groups is 1. The first-order valence-electron chi connectivity index (χ1n) is 9.94. The van der Waals surface area contributed by atoms with Crippen LogP contribution in [0.1, 0.15) is 25.5 Å². The van der Waals surface area contributed by atoms with Gasteiger partial charge in [-0.05, 0) is 31.5 Å². The predicted octanol–water partition coefficient (Wildman–Crippen LogP) is 2.89. The molecule has 1 aliphatic rings. The second-order valence-corrected chi connectivity index (χ2v) is 7.10. The quantitative estimate of drug-likeness (QED) is 0.304. The van der Waals surface area contributed by atoms with Crippen molar-refractivity contribution in [3.8, 4) is 11.5 Å². The zero-order chi connectivity index (χ0) is 22.3. The minimum Gasteiger partial charge on any atom is -0.497 e. The van der Waals surface area contributed by atoms with Crippen molar-refractivity contribution in [2.75, 3.05) is 53.5 Å². The number of nitrogens with one attached hydrogen (secondary N) is 1. The molecular formula is C20H32F3IN4O3. The molecule has 1 aromatic carbocycles.